The Labute approximate surface area is 63.4 Å². The number of nitriles is 1. The van der Waals surface area contributed by atoms with E-state index in [1.807, 2.05) is 0 Å². The quantitative estimate of drug-likeness (QED) is 0.348. The summed E-state index contributed by atoms with van der Waals surface area (Å²) in [5, 5.41) is 8.12. The van der Waals surface area contributed by atoms with E-state index < -0.39 is 5.97 Å². The fourth-order valence-corrected chi connectivity index (χ4v) is 0.293. The Hall–Kier alpha value is -1.63. The molecule has 11 heavy (non-hydrogen) atoms. The molecule has 0 aliphatic heterocycles. The Morgan fingerprint density at radius 1 is 1.82 bits per heavy atom. The molecule has 0 saturated heterocycles. The first-order valence-corrected chi connectivity index (χ1v) is 2.73. The molecule has 0 fully saturated rings. The van der Waals surface area contributed by atoms with E-state index in [2.05, 4.69) is 11.3 Å². The predicted molar refractivity (Wildman–Crippen MR) is 36.0 cm³/mol. The van der Waals surface area contributed by atoms with Gasteiger partial charge in [-0.3, -0.25) is 0 Å². The zero-order chi connectivity index (χ0) is 8.69. The highest BCUT2D eigenvalue weighted by atomic mass is 19.1. The molecule has 0 aromatic heterocycles. The number of carbonyl (C=O) groups excluding carboxylic acids is 1. The van der Waals surface area contributed by atoms with Gasteiger partial charge in [0.1, 0.15) is 18.2 Å². The van der Waals surface area contributed by atoms with Gasteiger partial charge in [0.25, 0.3) is 0 Å². The van der Waals surface area contributed by atoms with Crippen LogP contribution in [0.5, 0.6) is 0 Å². The standard InChI is InChI=1S/C7H6FNO2/c1-6(5-9)7(10)11-4-2-3-8/h2-3H,1,4H2. The minimum absolute atomic E-state index is 0.184. The summed E-state index contributed by atoms with van der Waals surface area (Å²) in [6.45, 7) is 2.91. The molecule has 0 spiro atoms. The Morgan fingerprint density at radius 3 is 2.91 bits per heavy atom. The lowest BCUT2D eigenvalue weighted by molar-refractivity contribution is -0.137. The molecule has 0 amide bonds. The van der Waals surface area contributed by atoms with Crippen LogP contribution >= 0.6 is 0 Å². The van der Waals surface area contributed by atoms with Gasteiger partial charge in [0, 0.05) is 0 Å². The smallest absolute Gasteiger partial charge is 0.348 e. The van der Waals surface area contributed by atoms with E-state index in [1.165, 1.54) is 6.07 Å². The summed E-state index contributed by atoms with van der Waals surface area (Å²) in [5.74, 6) is -0.828. The van der Waals surface area contributed by atoms with Gasteiger partial charge < -0.3 is 4.74 Å². The minimum atomic E-state index is -0.828. The monoisotopic (exact) mass is 155 g/mol. The first-order chi connectivity index (χ1) is 5.22. The van der Waals surface area contributed by atoms with Gasteiger partial charge in [-0.25, -0.2) is 9.18 Å². The summed E-state index contributed by atoms with van der Waals surface area (Å²) in [5.41, 5.74) is -0.294. The molecule has 0 N–H and O–H groups in total. The second-order valence-electron chi connectivity index (χ2n) is 1.55. The van der Waals surface area contributed by atoms with Crippen LogP contribution in [0.15, 0.2) is 24.6 Å². The van der Waals surface area contributed by atoms with Crippen LogP contribution in [0.3, 0.4) is 0 Å². The van der Waals surface area contributed by atoms with Crippen LogP contribution in [-0.2, 0) is 9.53 Å². The molecule has 0 aliphatic rings. The molecule has 0 rings (SSSR count). The molecule has 0 bridgehead atoms. The van der Waals surface area contributed by atoms with Crippen molar-refractivity contribution in [2.75, 3.05) is 6.61 Å². The molecule has 0 aromatic carbocycles. The Balaban J connectivity index is 3.72. The Bertz CT molecular complexity index is 227. The highest BCUT2D eigenvalue weighted by molar-refractivity contribution is 5.91. The average molecular weight is 155 g/mol. The lowest BCUT2D eigenvalue weighted by atomic mass is 10.3. The lowest BCUT2D eigenvalue weighted by Crippen LogP contribution is -2.05. The lowest BCUT2D eigenvalue weighted by Gasteiger charge is -1.96. The van der Waals surface area contributed by atoms with Crippen molar-refractivity contribution in [3.63, 3.8) is 0 Å². The number of rotatable bonds is 3. The second kappa shape index (κ2) is 5.18. The minimum Gasteiger partial charge on any atom is -0.457 e. The maximum absolute atomic E-state index is 11.3. The third-order valence-corrected chi connectivity index (χ3v) is 0.781. The van der Waals surface area contributed by atoms with Crippen LogP contribution in [0.1, 0.15) is 0 Å². The number of ether oxygens (including phenoxy) is 1. The first-order valence-electron chi connectivity index (χ1n) is 2.73. The maximum atomic E-state index is 11.3. The molecule has 0 radical (unpaired) electrons. The van der Waals surface area contributed by atoms with Crippen LogP contribution < -0.4 is 0 Å². The summed E-state index contributed by atoms with van der Waals surface area (Å²) in [7, 11) is 0. The van der Waals surface area contributed by atoms with Gasteiger partial charge in [-0.05, 0) is 6.08 Å². The summed E-state index contributed by atoms with van der Waals surface area (Å²) < 4.78 is 15.6. The molecule has 0 unspecified atom stereocenters. The van der Waals surface area contributed by atoms with Crippen LogP contribution in [0.25, 0.3) is 0 Å². The van der Waals surface area contributed by atoms with Crippen molar-refractivity contribution < 1.29 is 13.9 Å². The fourth-order valence-electron chi connectivity index (χ4n) is 0.293. The van der Waals surface area contributed by atoms with Crippen LogP contribution in [0.4, 0.5) is 4.39 Å². The van der Waals surface area contributed by atoms with E-state index in [0.717, 1.165) is 6.08 Å². The normalized spacial score (nSPS) is 9.09. The molecular weight excluding hydrogens is 149 g/mol. The molecule has 0 aliphatic carbocycles. The maximum Gasteiger partial charge on any atom is 0.348 e. The van der Waals surface area contributed by atoms with Crippen molar-refractivity contribution in [3.8, 4) is 6.07 Å². The number of nitrogens with zero attached hydrogens (tertiary/aromatic N) is 1. The number of halogens is 1. The van der Waals surface area contributed by atoms with E-state index in [9.17, 15) is 9.18 Å². The summed E-state index contributed by atoms with van der Waals surface area (Å²) >= 11 is 0. The van der Waals surface area contributed by atoms with Crippen molar-refractivity contribution in [2.24, 2.45) is 0 Å². The molecule has 3 nitrogen and oxygen atoms in total. The van der Waals surface area contributed by atoms with Crippen molar-refractivity contribution in [2.45, 2.75) is 0 Å². The van der Waals surface area contributed by atoms with Crippen LogP contribution in [0.2, 0.25) is 0 Å². The van der Waals surface area contributed by atoms with Crippen molar-refractivity contribution >= 4 is 5.97 Å². The van der Waals surface area contributed by atoms with Gasteiger partial charge in [0.2, 0.25) is 0 Å². The third kappa shape index (κ3) is 3.87. The highest BCUT2D eigenvalue weighted by Crippen LogP contribution is 1.91. The summed E-state index contributed by atoms with van der Waals surface area (Å²) in [6.07, 6.45) is 1.25. The van der Waals surface area contributed by atoms with Crippen LogP contribution in [0, 0.1) is 11.3 Å². The SMILES string of the molecule is C=C(C#N)C(=O)OCC=CF. The molecule has 0 aromatic rings. The number of hydrogen-bond acceptors (Lipinski definition) is 3. The van der Waals surface area contributed by atoms with E-state index >= 15 is 0 Å². The first kappa shape index (κ1) is 9.37. The van der Waals surface area contributed by atoms with E-state index in [4.69, 9.17) is 5.26 Å². The van der Waals surface area contributed by atoms with E-state index in [1.54, 1.807) is 0 Å². The van der Waals surface area contributed by atoms with Gasteiger partial charge in [-0.2, -0.15) is 5.26 Å². The average Bonchev–Trinajstić information content (AvgIpc) is 2.03. The Kier molecular flexibility index (Phi) is 4.41. The van der Waals surface area contributed by atoms with Gasteiger partial charge in [0.15, 0.2) is 0 Å². The van der Waals surface area contributed by atoms with Crippen molar-refractivity contribution in [1.82, 2.24) is 0 Å². The molecule has 58 valence electrons. The van der Waals surface area contributed by atoms with E-state index in [-0.39, 0.29) is 18.5 Å². The highest BCUT2D eigenvalue weighted by Gasteiger charge is 2.04. The van der Waals surface area contributed by atoms with Gasteiger partial charge >= 0.3 is 5.97 Å². The molecule has 0 heterocycles. The molecule has 4 heteroatoms. The molecule has 0 saturated carbocycles. The van der Waals surface area contributed by atoms with Gasteiger partial charge in [-0.1, -0.05) is 6.58 Å². The topological polar surface area (TPSA) is 50.1 Å². The zero-order valence-electron chi connectivity index (χ0n) is 5.71. The third-order valence-electron chi connectivity index (χ3n) is 0.781. The summed E-state index contributed by atoms with van der Waals surface area (Å²) in [4.78, 5) is 10.5. The van der Waals surface area contributed by atoms with Gasteiger partial charge in [-0.15, -0.1) is 0 Å². The zero-order valence-corrected chi connectivity index (χ0v) is 5.71. The molecular formula is C7H6FNO2. The van der Waals surface area contributed by atoms with Crippen molar-refractivity contribution in [3.05, 3.63) is 24.6 Å². The fraction of sp³-hybridized carbons (Fsp3) is 0.143. The Morgan fingerprint density at radius 2 is 2.45 bits per heavy atom. The largest absolute Gasteiger partial charge is 0.457 e. The van der Waals surface area contributed by atoms with Gasteiger partial charge in [0.05, 0.1) is 6.33 Å². The predicted octanol–water partition coefficient (Wildman–Crippen LogP) is 1.09. The second-order valence-corrected chi connectivity index (χ2v) is 1.55. The summed E-state index contributed by atoms with van der Waals surface area (Å²) in [6, 6.07) is 1.50. The number of carbonyl (C=O) groups is 1. The van der Waals surface area contributed by atoms with Crippen molar-refractivity contribution in [1.29, 1.82) is 5.26 Å². The molecule has 0 atom stereocenters. The number of hydrogen-bond donors (Lipinski definition) is 0. The number of esters is 1. The van der Waals surface area contributed by atoms with E-state index in [0.29, 0.717) is 0 Å². The van der Waals surface area contributed by atoms with Crippen LogP contribution in [-0.4, -0.2) is 12.6 Å².